The zero-order valence-electron chi connectivity index (χ0n) is 12.8. The second-order valence-corrected chi connectivity index (χ2v) is 6.01. The predicted molar refractivity (Wildman–Crippen MR) is 78.2 cm³/mol. The molecule has 3 heteroatoms. The van der Waals surface area contributed by atoms with Crippen molar-refractivity contribution in [3.8, 4) is 0 Å². The number of benzene rings is 1. The Balaban J connectivity index is 2.73. The number of hydrogen-bond acceptors (Lipinski definition) is 3. The summed E-state index contributed by atoms with van der Waals surface area (Å²) < 4.78 is 4.71. The fourth-order valence-corrected chi connectivity index (χ4v) is 1.99. The third-order valence-electron chi connectivity index (χ3n) is 3.33. The van der Waals surface area contributed by atoms with Gasteiger partial charge in [0.15, 0.2) is 0 Å². The van der Waals surface area contributed by atoms with E-state index in [1.165, 1.54) is 18.2 Å². The van der Waals surface area contributed by atoms with Gasteiger partial charge in [0.2, 0.25) is 0 Å². The number of nitrogens with one attached hydrogen (secondary N) is 1. The standard InChI is InChI=1S/C16H25NO2/c1-11(17-12(2)15(18)19-6)13-7-9-14(10-8-13)16(3,4)5/h7-12,17H,1-6H3. The molecule has 2 atom stereocenters. The summed E-state index contributed by atoms with van der Waals surface area (Å²) in [6.45, 7) is 10.5. The van der Waals surface area contributed by atoms with Gasteiger partial charge in [0, 0.05) is 6.04 Å². The molecule has 0 aliphatic heterocycles. The van der Waals surface area contributed by atoms with E-state index in [2.05, 4.69) is 50.4 Å². The molecule has 0 spiro atoms. The fraction of sp³-hybridized carbons (Fsp3) is 0.562. The molecule has 1 aromatic rings. The van der Waals surface area contributed by atoms with Gasteiger partial charge in [-0.25, -0.2) is 0 Å². The second kappa shape index (κ2) is 6.20. The van der Waals surface area contributed by atoms with Crippen LogP contribution in [0.4, 0.5) is 0 Å². The van der Waals surface area contributed by atoms with Crippen LogP contribution in [0.3, 0.4) is 0 Å². The van der Waals surface area contributed by atoms with Crippen molar-refractivity contribution in [2.45, 2.75) is 52.1 Å². The second-order valence-electron chi connectivity index (χ2n) is 6.01. The minimum atomic E-state index is -0.303. The van der Waals surface area contributed by atoms with Gasteiger partial charge in [-0.15, -0.1) is 0 Å². The SMILES string of the molecule is COC(=O)C(C)NC(C)c1ccc(C(C)(C)C)cc1. The third-order valence-corrected chi connectivity index (χ3v) is 3.33. The number of ether oxygens (including phenoxy) is 1. The Morgan fingerprint density at radius 1 is 1.16 bits per heavy atom. The Morgan fingerprint density at radius 2 is 1.68 bits per heavy atom. The molecule has 1 N–H and O–H groups in total. The van der Waals surface area contributed by atoms with Crippen molar-refractivity contribution in [3.63, 3.8) is 0 Å². The molecule has 0 heterocycles. The first kappa shape index (κ1) is 15.7. The van der Waals surface area contributed by atoms with Crippen LogP contribution >= 0.6 is 0 Å². The molecule has 106 valence electrons. The van der Waals surface area contributed by atoms with Gasteiger partial charge in [0.05, 0.1) is 7.11 Å². The molecule has 0 aliphatic carbocycles. The average molecular weight is 263 g/mol. The van der Waals surface area contributed by atoms with Gasteiger partial charge in [-0.3, -0.25) is 10.1 Å². The summed E-state index contributed by atoms with van der Waals surface area (Å²) in [6, 6.07) is 8.34. The van der Waals surface area contributed by atoms with E-state index in [0.29, 0.717) is 0 Å². The molecule has 0 saturated carbocycles. The molecule has 0 fully saturated rings. The zero-order valence-corrected chi connectivity index (χ0v) is 12.8. The molecule has 0 aliphatic rings. The number of rotatable bonds is 4. The van der Waals surface area contributed by atoms with Gasteiger partial charge >= 0.3 is 5.97 Å². The smallest absolute Gasteiger partial charge is 0.322 e. The molecule has 0 saturated heterocycles. The number of carbonyl (C=O) groups excluding carboxylic acids is 1. The Kier molecular flexibility index (Phi) is 5.12. The summed E-state index contributed by atoms with van der Waals surface area (Å²) in [5, 5.41) is 3.23. The van der Waals surface area contributed by atoms with E-state index in [4.69, 9.17) is 4.74 Å². The van der Waals surface area contributed by atoms with E-state index in [1.807, 2.05) is 13.8 Å². The van der Waals surface area contributed by atoms with Crippen LogP contribution in [0.1, 0.15) is 51.8 Å². The van der Waals surface area contributed by atoms with Crippen molar-refractivity contribution in [3.05, 3.63) is 35.4 Å². The minimum absolute atomic E-state index is 0.114. The van der Waals surface area contributed by atoms with Gasteiger partial charge in [-0.1, -0.05) is 45.0 Å². The zero-order chi connectivity index (χ0) is 14.6. The summed E-state index contributed by atoms with van der Waals surface area (Å²) in [5.41, 5.74) is 2.64. The van der Waals surface area contributed by atoms with Crippen LogP contribution in [0.2, 0.25) is 0 Å². The molecular formula is C16H25NO2. The van der Waals surface area contributed by atoms with Crippen LogP contribution in [0.15, 0.2) is 24.3 Å². The van der Waals surface area contributed by atoms with Gasteiger partial charge in [0.25, 0.3) is 0 Å². The first-order chi connectivity index (χ1) is 8.75. The number of methoxy groups -OCH3 is 1. The van der Waals surface area contributed by atoms with Gasteiger partial charge in [-0.2, -0.15) is 0 Å². The molecule has 19 heavy (non-hydrogen) atoms. The van der Waals surface area contributed by atoms with Crippen molar-refractivity contribution in [2.24, 2.45) is 0 Å². The largest absolute Gasteiger partial charge is 0.468 e. The Labute approximate surface area is 116 Å². The molecule has 0 amide bonds. The normalized spacial score (nSPS) is 14.8. The highest BCUT2D eigenvalue weighted by Gasteiger charge is 2.17. The first-order valence-corrected chi connectivity index (χ1v) is 6.70. The highest BCUT2D eigenvalue weighted by atomic mass is 16.5. The fourth-order valence-electron chi connectivity index (χ4n) is 1.99. The van der Waals surface area contributed by atoms with Crippen molar-refractivity contribution < 1.29 is 9.53 Å². The van der Waals surface area contributed by atoms with E-state index in [0.717, 1.165) is 0 Å². The summed E-state index contributed by atoms with van der Waals surface area (Å²) in [7, 11) is 1.41. The molecular weight excluding hydrogens is 238 g/mol. The predicted octanol–water partition coefficient (Wildman–Crippen LogP) is 3.20. The van der Waals surface area contributed by atoms with Crippen LogP contribution in [0, 0.1) is 0 Å². The molecule has 0 bridgehead atoms. The van der Waals surface area contributed by atoms with Gasteiger partial charge in [0.1, 0.15) is 6.04 Å². The summed E-state index contributed by atoms with van der Waals surface area (Å²) in [6.07, 6.45) is 0. The summed E-state index contributed by atoms with van der Waals surface area (Å²) in [4.78, 5) is 11.4. The molecule has 1 aromatic carbocycles. The minimum Gasteiger partial charge on any atom is -0.468 e. The Morgan fingerprint density at radius 3 is 2.11 bits per heavy atom. The van der Waals surface area contributed by atoms with E-state index < -0.39 is 0 Å². The number of esters is 1. The molecule has 0 radical (unpaired) electrons. The number of carbonyl (C=O) groups is 1. The average Bonchev–Trinajstić information content (AvgIpc) is 2.36. The van der Waals surface area contributed by atoms with Crippen molar-refractivity contribution >= 4 is 5.97 Å². The lowest BCUT2D eigenvalue weighted by molar-refractivity contribution is -0.142. The Bertz CT molecular complexity index is 417. The Hall–Kier alpha value is -1.35. The quantitative estimate of drug-likeness (QED) is 0.848. The van der Waals surface area contributed by atoms with Gasteiger partial charge in [-0.05, 0) is 30.4 Å². The molecule has 3 nitrogen and oxygen atoms in total. The lowest BCUT2D eigenvalue weighted by Crippen LogP contribution is -2.36. The molecule has 2 unspecified atom stereocenters. The van der Waals surface area contributed by atoms with E-state index in [9.17, 15) is 4.79 Å². The highest BCUT2D eigenvalue weighted by molar-refractivity contribution is 5.75. The van der Waals surface area contributed by atoms with Gasteiger partial charge < -0.3 is 4.74 Å². The maximum absolute atomic E-state index is 11.4. The highest BCUT2D eigenvalue weighted by Crippen LogP contribution is 2.24. The van der Waals surface area contributed by atoms with E-state index in [-0.39, 0.29) is 23.5 Å². The van der Waals surface area contributed by atoms with Crippen LogP contribution < -0.4 is 5.32 Å². The maximum Gasteiger partial charge on any atom is 0.322 e. The van der Waals surface area contributed by atoms with Crippen LogP contribution in [-0.4, -0.2) is 19.1 Å². The lowest BCUT2D eigenvalue weighted by Gasteiger charge is -2.22. The monoisotopic (exact) mass is 263 g/mol. The van der Waals surface area contributed by atoms with E-state index >= 15 is 0 Å². The van der Waals surface area contributed by atoms with Crippen molar-refractivity contribution in [1.82, 2.24) is 5.32 Å². The van der Waals surface area contributed by atoms with Crippen molar-refractivity contribution in [1.29, 1.82) is 0 Å². The van der Waals surface area contributed by atoms with Crippen molar-refractivity contribution in [2.75, 3.05) is 7.11 Å². The summed E-state index contributed by atoms with van der Waals surface area (Å²) in [5.74, 6) is -0.238. The van der Waals surface area contributed by atoms with E-state index in [1.54, 1.807) is 0 Å². The van der Waals surface area contributed by atoms with Crippen LogP contribution in [0.25, 0.3) is 0 Å². The molecule has 0 aromatic heterocycles. The molecule has 1 rings (SSSR count). The first-order valence-electron chi connectivity index (χ1n) is 6.70. The topological polar surface area (TPSA) is 38.3 Å². The third kappa shape index (κ3) is 4.35. The van der Waals surface area contributed by atoms with Crippen LogP contribution in [0.5, 0.6) is 0 Å². The maximum atomic E-state index is 11.4. The summed E-state index contributed by atoms with van der Waals surface area (Å²) >= 11 is 0. The number of hydrogen-bond donors (Lipinski definition) is 1. The van der Waals surface area contributed by atoms with Crippen LogP contribution in [-0.2, 0) is 14.9 Å². The lowest BCUT2D eigenvalue weighted by atomic mass is 9.86.